The topological polar surface area (TPSA) is 75.8 Å². The van der Waals surface area contributed by atoms with Crippen molar-refractivity contribution in [3.8, 4) is 0 Å². The van der Waals surface area contributed by atoms with Gasteiger partial charge in [0.25, 0.3) is 5.69 Å². The summed E-state index contributed by atoms with van der Waals surface area (Å²) in [7, 11) is 0. The molecule has 2 aromatic rings. The molecule has 0 aromatic heterocycles. The molecule has 0 spiro atoms. The second kappa shape index (κ2) is 7.06. The average molecular weight is 355 g/mol. The van der Waals surface area contributed by atoms with E-state index in [1.54, 1.807) is 23.9 Å². The fourth-order valence-corrected chi connectivity index (χ4v) is 3.24. The zero-order valence-electron chi connectivity index (χ0n) is 13.9. The summed E-state index contributed by atoms with van der Waals surface area (Å²) in [5, 5.41) is 16.8. The van der Waals surface area contributed by atoms with Gasteiger partial charge in [0.15, 0.2) is 0 Å². The standard InChI is InChI=1S/C18H17N3O3S/c1-12(22)20-18(14-3-7-15(8-4-14)21(23)24)11-17(19-20)13-5-9-16(25-2)10-6-13/h3-10,18H,11H2,1-2H3/t18-/m1/s1. The molecule has 1 aliphatic rings. The predicted molar refractivity (Wildman–Crippen MR) is 97.7 cm³/mol. The van der Waals surface area contributed by atoms with Crippen molar-refractivity contribution in [2.45, 2.75) is 24.3 Å². The summed E-state index contributed by atoms with van der Waals surface area (Å²) in [6.07, 6.45) is 2.60. The molecule has 0 saturated heterocycles. The Morgan fingerprint density at radius 1 is 1.20 bits per heavy atom. The van der Waals surface area contributed by atoms with Gasteiger partial charge in [0.05, 0.1) is 16.7 Å². The third kappa shape index (κ3) is 3.56. The van der Waals surface area contributed by atoms with Crippen molar-refractivity contribution >= 4 is 29.1 Å². The second-order valence-corrected chi connectivity index (χ2v) is 6.59. The van der Waals surface area contributed by atoms with Gasteiger partial charge >= 0.3 is 0 Å². The number of rotatable bonds is 4. The maximum atomic E-state index is 12.0. The first-order valence-corrected chi connectivity index (χ1v) is 8.98. The first-order valence-electron chi connectivity index (χ1n) is 7.75. The van der Waals surface area contributed by atoms with Crippen LogP contribution in [0.5, 0.6) is 0 Å². The van der Waals surface area contributed by atoms with Crippen LogP contribution < -0.4 is 0 Å². The van der Waals surface area contributed by atoms with Crippen LogP contribution in [0.4, 0.5) is 5.69 Å². The fourth-order valence-electron chi connectivity index (χ4n) is 2.84. The SMILES string of the molecule is CSc1ccc(C2=NN(C(C)=O)[C@@H](c3ccc([N+](=O)[O-])cc3)C2)cc1. The molecule has 7 heteroatoms. The zero-order valence-corrected chi connectivity index (χ0v) is 14.7. The normalized spacial score (nSPS) is 16.6. The average Bonchev–Trinajstić information content (AvgIpc) is 3.07. The molecule has 1 aliphatic heterocycles. The van der Waals surface area contributed by atoms with E-state index in [0.29, 0.717) is 6.42 Å². The van der Waals surface area contributed by atoms with Gasteiger partial charge in [0.1, 0.15) is 0 Å². The Labute approximate surface area is 149 Å². The molecule has 3 rings (SSSR count). The molecule has 0 saturated carbocycles. The van der Waals surface area contributed by atoms with Crippen molar-refractivity contribution in [2.75, 3.05) is 6.26 Å². The van der Waals surface area contributed by atoms with Gasteiger partial charge in [-0.2, -0.15) is 5.10 Å². The van der Waals surface area contributed by atoms with E-state index in [2.05, 4.69) is 5.10 Å². The van der Waals surface area contributed by atoms with E-state index in [1.807, 2.05) is 30.5 Å². The molecule has 0 radical (unpaired) electrons. The van der Waals surface area contributed by atoms with E-state index in [0.717, 1.165) is 21.7 Å². The fraction of sp³-hybridized carbons (Fsp3) is 0.222. The van der Waals surface area contributed by atoms with Crippen molar-refractivity contribution in [2.24, 2.45) is 5.10 Å². The van der Waals surface area contributed by atoms with E-state index in [1.165, 1.54) is 24.1 Å². The van der Waals surface area contributed by atoms with Gasteiger partial charge in [-0.25, -0.2) is 5.01 Å². The minimum Gasteiger partial charge on any atom is -0.273 e. The van der Waals surface area contributed by atoms with Gasteiger partial charge in [-0.3, -0.25) is 14.9 Å². The lowest BCUT2D eigenvalue weighted by Crippen LogP contribution is -2.24. The Morgan fingerprint density at radius 3 is 2.36 bits per heavy atom. The summed E-state index contributed by atoms with van der Waals surface area (Å²) in [5.74, 6) is -0.154. The molecule has 0 aliphatic carbocycles. The Hall–Kier alpha value is -2.67. The Morgan fingerprint density at radius 2 is 1.84 bits per heavy atom. The smallest absolute Gasteiger partial charge is 0.269 e. The maximum absolute atomic E-state index is 12.0. The van der Waals surface area contributed by atoms with Crippen LogP contribution in [-0.4, -0.2) is 27.8 Å². The second-order valence-electron chi connectivity index (χ2n) is 5.71. The van der Waals surface area contributed by atoms with Crippen LogP contribution in [0.1, 0.15) is 30.5 Å². The van der Waals surface area contributed by atoms with Crippen molar-refractivity contribution in [3.63, 3.8) is 0 Å². The first-order chi connectivity index (χ1) is 12.0. The molecule has 128 valence electrons. The molecule has 2 aromatic carbocycles. The largest absolute Gasteiger partial charge is 0.273 e. The molecule has 0 N–H and O–H groups in total. The molecular formula is C18H17N3O3S. The molecule has 0 bridgehead atoms. The van der Waals surface area contributed by atoms with Crippen LogP contribution in [-0.2, 0) is 4.79 Å². The third-order valence-corrected chi connectivity index (χ3v) is 4.89. The highest BCUT2D eigenvalue weighted by molar-refractivity contribution is 7.98. The Balaban J connectivity index is 1.88. The highest BCUT2D eigenvalue weighted by Gasteiger charge is 2.31. The molecule has 0 fully saturated rings. The van der Waals surface area contributed by atoms with Crippen LogP contribution in [0.2, 0.25) is 0 Å². The van der Waals surface area contributed by atoms with Crippen LogP contribution in [0.25, 0.3) is 0 Å². The van der Waals surface area contributed by atoms with Crippen LogP contribution >= 0.6 is 11.8 Å². The summed E-state index contributed by atoms with van der Waals surface area (Å²) >= 11 is 1.67. The van der Waals surface area contributed by atoms with E-state index in [-0.39, 0.29) is 17.6 Å². The predicted octanol–water partition coefficient (Wildman–Crippen LogP) is 4.01. The number of hydrazone groups is 1. The lowest BCUT2D eigenvalue weighted by Gasteiger charge is -2.20. The summed E-state index contributed by atoms with van der Waals surface area (Å²) < 4.78 is 0. The number of non-ortho nitro benzene ring substituents is 1. The monoisotopic (exact) mass is 355 g/mol. The van der Waals surface area contributed by atoms with Crippen molar-refractivity contribution in [1.29, 1.82) is 0 Å². The number of nitro benzene ring substituents is 1. The Bertz CT molecular complexity index is 832. The van der Waals surface area contributed by atoms with Gasteiger partial charge in [-0.05, 0) is 29.5 Å². The molecule has 25 heavy (non-hydrogen) atoms. The number of carbonyl (C=O) groups is 1. The number of nitro groups is 1. The first kappa shape index (κ1) is 17.2. The molecule has 6 nitrogen and oxygen atoms in total. The lowest BCUT2D eigenvalue weighted by molar-refractivity contribution is -0.384. The zero-order chi connectivity index (χ0) is 18.0. The quantitative estimate of drug-likeness (QED) is 0.472. The summed E-state index contributed by atoms with van der Waals surface area (Å²) in [4.78, 5) is 23.5. The number of nitrogens with zero attached hydrogens (tertiary/aromatic N) is 3. The highest BCUT2D eigenvalue weighted by atomic mass is 32.2. The molecule has 1 amide bonds. The number of thioether (sulfide) groups is 1. The molecular weight excluding hydrogens is 338 g/mol. The van der Waals surface area contributed by atoms with Crippen LogP contribution in [0.3, 0.4) is 0 Å². The van der Waals surface area contributed by atoms with Gasteiger partial charge < -0.3 is 0 Å². The number of hydrogen-bond donors (Lipinski definition) is 0. The van der Waals surface area contributed by atoms with Gasteiger partial charge in [-0.1, -0.05) is 24.3 Å². The van der Waals surface area contributed by atoms with Crippen LogP contribution in [0, 0.1) is 10.1 Å². The minimum atomic E-state index is -0.434. The van der Waals surface area contributed by atoms with Crippen molar-refractivity contribution < 1.29 is 9.72 Å². The molecule has 1 atom stereocenters. The maximum Gasteiger partial charge on any atom is 0.269 e. The number of carbonyl (C=O) groups excluding carboxylic acids is 1. The number of amides is 1. The van der Waals surface area contributed by atoms with Gasteiger partial charge in [0.2, 0.25) is 5.91 Å². The van der Waals surface area contributed by atoms with E-state index in [4.69, 9.17) is 0 Å². The van der Waals surface area contributed by atoms with Crippen molar-refractivity contribution in [1.82, 2.24) is 5.01 Å². The van der Waals surface area contributed by atoms with Crippen LogP contribution in [0.15, 0.2) is 58.5 Å². The van der Waals surface area contributed by atoms with Gasteiger partial charge in [0, 0.05) is 30.4 Å². The molecule has 0 unspecified atom stereocenters. The van der Waals surface area contributed by atoms with Crippen molar-refractivity contribution in [3.05, 3.63) is 69.8 Å². The third-order valence-electron chi connectivity index (χ3n) is 4.14. The van der Waals surface area contributed by atoms with E-state index in [9.17, 15) is 14.9 Å². The minimum absolute atomic E-state index is 0.0323. The summed E-state index contributed by atoms with van der Waals surface area (Å²) in [6.45, 7) is 1.47. The van der Waals surface area contributed by atoms with Gasteiger partial charge in [-0.15, -0.1) is 11.8 Å². The highest BCUT2D eigenvalue weighted by Crippen LogP contribution is 2.33. The number of hydrogen-bond acceptors (Lipinski definition) is 5. The molecule has 1 heterocycles. The Kier molecular flexibility index (Phi) is 4.85. The lowest BCUT2D eigenvalue weighted by atomic mass is 9.98. The summed E-state index contributed by atoms with van der Waals surface area (Å²) in [5.41, 5.74) is 2.69. The van der Waals surface area contributed by atoms with E-state index >= 15 is 0 Å². The summed E-state index contributed by atoms with van der Waals surface area (Å²) in [6, 6.07) is 14.1. The number of benzene rings is 2. The van der Waals surface area contributed by atoms with E-state index < -0.39 is 4.92 Å².